The quantitative estimate of drug-likeness (QED) is 0.466. The van der Waals surface area contributed by atoms with Gasteiger partial charge >= 0.3 is 5.97 Å². The summed E-state index contributed by atoms with van der Waals surface area (Å²) >= 11 is 1.35. The van der Waals surface area contributed by atoms with Crippen molar-refractivity contribution in [3.05, 3.63) is 40.8 Å². The molecule has 194 valence electrons. The smallest absolute Gasteiger partial charge is 0.345 e. The monoisotopic (exact) mass is 531 g/mol. The number of thiophene rings is 1. The molecule has 9 heteroatoms. The summed E-state index contributed by atoms with van der Waals surface area (Å²) in [6.07, 6.45) is 5.78. The Labute approximate surface area is 222 Å². The number of likely N-dealkylation sites (N-methyl/N-ethyl adjacent to an activating group) is 1. The van der Waals surface area contributed by atoms with E-state index in [1.54, 1.807) is 13.2 Å². The first-order valence-electron chi connectivity index (χ1n) is 12.5. The van der Waals surface area contributed by atoms with E-state index in [1.165, 1.54) is 36.2 Å². The molecule has 3 heterocycles. The van der Waals surface area contributed by atoms with E-state index in [2.05, 4.69) is 28.6 Å². The molecule has 5 rings (SSSR count). The number of carboxylic acids is 1. The fourth-order valence-corrected chi connectivity index (χ4v) is 6.66. The Morgan fingerprint density at radius 1 is 1.06 bits per heavy atom. The van der Waals surface area contributed by atoms with Crippen molar-refractivity contribution in [3.63, 3.8) is 0 Å². The Balaban J connectivity index is 0.00000304. The summed E-state index contributed by atoms with van der Waals surface area (Å²) in [6, 6.07) is 9.78. The predicted molar refractivity (Wildman–Crippen MR) is 146 cm³/mol. The summed E-state index contributed by atoms with van der Waals surface area (Å²) in [5, 5.41) is 9.76. The van der Waals surface area contributed by atoms with Crippen LogP contribution in [-0.2, 0) is 11.3 Å². The maximum absolute atomic E-state index is 13.5. The molecule has 1 amide bonds. The molecule has 2 aliphatic rings. The van der Waals surface area contributed by atoms with Gasteiger partial charge in [0.05, 0.1) is 23.0 Å². The summed E-state index contributed by atoms with van der Waals surface area (Å²) in [4.78, 5) is 29.9. The minimum absolute atomic E-state index is 0. The van der Waals surface area contributed by atoms with E-state index in [4.69, 9.17) is 4.74 Å². The highest BCUT2D eigenvalue weighted by atomic mass is 35.5. The summed E-state index contributed by atoms with van der Waals surface area (Å²) in [7, 11) is 3.73. The van der Waals surface area contributed by atoms with Gasteiger partial charge in [-0.05, 0) is 67.3 Å². The van der Waals surface area contributed by atoms with Crippen molar-refractivity contribution in [2.45, 2.75) is 44.6 Å². The second-order valence-electron chi connectivity index (χ2n) is 9.73. The second-order valence-corrected chi connectivity index (χ2v) is 10.8. The zero-order valence-electron chi connectivity index (χ0n) is 20.9. The van der Waals surface area contributed by atoms with E-state index in [-0.39, 0.29) is 24.9 Å². The van der Waals surface area contributed by atoms with Crippen LogP contribution < -0.4 is 4.74 Å². The summed E-state index contributed by atoms with van der Waals surface area (Å²) in [6.45, 7) is 3.39. The van der Waals surface area contributed by atoms with Crippen LogP contribution in [-0.4, -0.2) is 71.7 Å². The lowest BCUT2D eigenvalue weighted by Gasteiger charge is -2.32. The minimum Gasteiger partial charge on any atom is -0.497 e. The molecule has 0 spiro atoms. The van der Waals surface area contributed by atoms with Crippen LogP contribution in [0.4, 0.5) is 0 Å². The number of piperazine rings is 1. The third-order valence-corrected chi connectivity index (χ3v) is 8.66. The summed E-state index contributed by atoms with van der Waals surface area (Å²) in [5.74, 6) is 0.324. The Morgan fingerprint density at radius 3 is 2.33 bits per heavy atom. The number of hydrogen-bond donors (Lipinski definition) is 1. The van der Waals surface area contributed by atoms with Crippen molar-refractivity contribution in [2.75, 3.05) is 40.3 Å². The van der Waals surface area contributed by atoms with Gasteiger partial charge in [0.15, 0.2) is 0 Å². The van der Waals surface area contributed by atoms with Crippen LogP contribution in [0.1, 0.15) is 53.3 Å². The van der Waals surface area contributed by atoms with Crippen molar-refractivity contribution in [3.8, 4) is 17.0 Å². The molecular weight excluding hydrogens is 498 g/mol. The molecule has 0 unspecified atom stereocenters. The molecular formula is C27H34ClN3O4S. The SMILES string of the molecule is COc1ccc(-c2c(C3CCCCC3)c3sc(C(=O)O)cc3n2CC(=O)N2CCN(C)CC2)cc1.Cl. The van der Waals surface area contributed by atoms with Gasteiger partial charge in [0.2, 0.25) is 5.91 Å². The Morgan fingerprint density at radius 2 is 1.72 bits per heavy atom. The lowest BCUT2D eigenvalue weighted by molar-refractivity contribution is -0.133. The van der Waals surface area contributed by atoms with E-state index in [1.807, 2.05) is 17.0 Å². The predicted octanol–water partition coefficient (Wildman–Crippen LogP) is 5.32. The standard InChI is InChI=1S/C27H33N3O4S.ClH/c1-28-12-14-29(15-13-28)23(31)17-30-21-16-22(27(32)33)35-26(21)24(18-6-4-3-5-7-18)25(30)19-8-10-20(34-2)11-9-19;/h8-11,16,18H,3-7,12-15,17H2,1-2H3,(H,32,33);1H. The molecule has 1 N–H and O–H groups in total. The lowest BCUT2D eigenvalue weighted by atomic mass is 9.83. The molecule has 1 aromatic carbocycles. The number of fused-ring (bicyclic) bond motifs is 1. The number of aromatic carboxylic acids is 1. The van der Waals surface area contributed by atoms with Gasteiger partial charge in [-0.2, -0.15) is 0 Å². The number of rotatable bonds is 6. The van der Waals surface area contributed by atoms with Gasteiger partial charge in [-0.15, -0.1) is 23.7 Å². The van der Waals surface area contributed by atoms with Crippen LogP contribution in [0.15, 0.2) is 30.3 Å². The molecule has 0 radical (unpaired) electrons. The van der Waals surface area contributed by atoms with Gasteiger partial charge in [-0.3, -0.25) is 4.79 Å². The van der Waals surface area contributed by atoms with Gasteiger partial charge in [-0.25, -0.2) is 4.79 Å². The van der Waals surface area contributed by atoms with Crippen LogP contribution in [0.3, 0.4) is 0 Å². The summed E-state index contributed by atoms with van der Waals surface area (Å²) in [5.41, 5.74) is 4.17. The summed E-state index contributed by atoms with van der Waals surface area (Å²) < 4.78 is 8.49. The first-order valence-corrected chi connectivity index (χ1v) is 13.3. The van der Waals surface area contributed by atoms with Crippen molar-refractivity contribution in [1.82, 2.24) is 14.4 Å². The molecule has 1 aliphatic heterocycles. The maximum atomic E-state index is 13.5. The molecule has 7 nitrogen and oxygen atoms in total. The van der Waals surface area contributed by atoms with Crippen molar-refractivity contribution in [1.29, 1.82) is 0 Å². The largest absolute Gasteiger partial charge is 0.497 e. The molecule has 2 aromatic heterocycles. The zero-order chi connectivity index (χ0) is 24.5. The molecule has 1 saturated heterocycles. The van der Waals surface area contributed by atoms with Crippen LogP contribution in [0.5, 0.6) is 5.75 Å². The molecule has 1 aliphatic carbocycles. The average molecular weight is 532 g/mol. The first-order chi connectivity index (χ1) is 17.0. The number of halogens is 1. The second kappa shape index (κ2) is 11.2. The number of ether oxygens (including phenoxy) is 1. The van der Waals surface area contributed by atoms with Crippen LogP contribution >= 0.6 is 23.7 Å². The van der Waals surface area contributed by atoms with Gasteiger partial charge in [0, 0.05) is 26.2 Å². The maximum Gasteiger partial charge on any atom is 0.345 e. The van der Waals surface area contributed by atoms with Gasteiger partial charge in [0.25, 0.3) is 0 Å². The van der Waals surface area contributed by atoms with Crippen LogP contribution in [0, 0.1) is 0 Å². The van der Waals surface area contributed by atoms with E-state index >= 15 is 0 Å². The van der Waals surface area contributed by atoms with E-state index in [0.717, 1.165) is 66.2 Å². The highest BCUT2D eigenvalue weighted by molar-refractivity contribution is 7.21. The van der Waals surface area contributed by atoms with Gasteiger partial charge < -0.3 is 24.2 Å². The fourth-order valence-electron chi connectivity index (χ4n) is 5.54. The number of carboxylic acid groups (broad SMARTS) is 1. The molecule has 36 heavy (non-hydrogen) atoms. The number of methoxy groups -OCH3 is 1. The number of carbonyl (C=O) groups is 2. The highest BCUT2D eigenvalue weighted by Crippen LogP contribution is 2.47. The lowest BCUT2D eigenvalue weighted by Crippen LogP contribution is -2.48. The number of nitrogens with zero attached hydrogens (tertiary/aromatic N) is 3. The number of amides is 1. The number of aromatic nitrogens is 1. The van der Waals surface area contributed by atoms with Gasteiger partial charge in [0.1, 0.15) is 17.2 Å². The Hall–Kier alpha value is -2.55. The number of benzene rings is 1. The van der Waals surface area contributed by atoms with Crippen molar-refractivity contribution >= 4 is 45.8 Å². The highest BCUT2D eigenvalue weighted by Gasteiger charge is 2.30. The Bertz CT molecular complexity index is 1220. The third-order valence-electron chi connectivity index (χ3n) is 7.51. The minimum atomic E-state index is -0.913. The third kappa shape index (κ3) is 5.12. The first kappa shape index (κ1) is 26.5. The van der Waals surface area contributed by atoms with Crippen LogP contribution in [0.25, 0.3) is 21.5 Å². The normalized spacial score (nSPS) is 17.2. The van der Waals surface area contributed by atoms with Crippen molar-refractivity contribution < 1.29 is 19.4 Å². The van der Waals surface area contributed by atoms with E-state index in [9.17, 15) is 14.7 Å². The zero-order valence-corrected chi connectivity index (χ0v) is 22.5. The number of hydrogen-bond acceptors (Lipinski definition) is 5. The Kier molecular flexibility index (Phi) is 8.27. The molecule has 2 fully saturated rings. The van der Waals surface area contributed by atoms with Crippen LogP contribution in [0.2, 0.25) is 0 Å². The van der Waals surface area contributed by atoms with E-state index < -0.39 is 5.97 Å². The van der Waals surface area contributed by atoms with Gasteiger partial charge in [-0.1, -0.05) is 19.3 Å². The molecule has 3 aromatic rings. The fraction of sp³-hybridized carbons (Fsp3) is 0.481. The molecule has 0 atom stereocenters. The number of carbonyl (C=O) groups excluding carboxylic acids is 1. The topological polar surface area (TPSA) is 75.0 Å². The molecule has 0 bridgehead atoms. The average Bonchev–Trinajstić information content (AvgIpc) is 3.43. The molecule has 1 saturated carbocycles. The van der Waals surface area contributed by atoms with Crippen molar-refractivity contribution in [2.24, 2.45) is 0 Å². The van der Waals surface area contributed by atoms with E-state index in [0.29, 0.717) is 10.8 Å².